The van der Waals surface area contributed by atoms with Gasteiger partial charge in [-0.25, -0.2) is 0 Å². The molecular weight excluding hydrogens is 278 g/mol. The van der Waals surface area contributed by atoms with Gasteiger partial charge in [0.1, 0.15) is 6.42 Å². The highest BCUT2D eigenvalue weighted by Crippen LogP contribution is 2.17. The highest BCUT2D eigenvalue weighted by Gasteiger charge is 2.22. The van der Waals surface area contributed by atoms with Crippen LogP contribution >= 0.6 is 0 Å². The summed E-state index contributed by atoms with van der Waals surface area (Å²) in [6.45, 7) is 3.97. The van der Waals surface area contributed by atoms with Crippen molar-refractivity contribution in [1.29, 1.82) is 5.26 Å². The maximum absolute atomic E-state index is 12.0. The zero-order valence-corrected chi connectivity index (χ0v) is 12.8. The average Bonchev–Trinajstić information content (AvgIpc) is 2.54. The van der Waals surface area contributed by atoms with Crippen LogP contribution in [0.5, 0.6) is 0 Å². The van der Waals surface area contributed by atoms with Gasteiger partial charge in [-0.15, -0.1) is 0 Å². The van der Waals surface area contributed by atoms with Gasteiger partial charge in [-0.3, -0.25) is 9.59 Å². The molecule has 1 aliphatic rings. The molecule has 1 heterocycles. The number of hydrogen-bond donors (Lipinski definition) is 1. The number of nitrogens with zero attached hydrogens (tertiary/aromatic N) is 2. The Balaban J connectivity index is 1.75. The number of amides is 2. The van der Waals surface area contributed by atoms with Crippen LogP contribution in [0.2, 0.25) is 0 Å². The fourth-order valence-corrected chi connectivity index (χ4v) is 2.61. The Labute approximate surface area is 130 Å². The van der Waals surface area contributed by atoms with E-state index in [9.17, 15) is 9.59 Å². The van der Waals surface area contributed by atoms with Crippen molar-refractivity contribution >= 4 is 11.8 Å². The smallest absolute Gasteiger partial charge is 0.251 e. The predicted molar refractivity (Wildman–Crippen MR) is 83.0 cm³/mol. The molecule has 0 radical (unpaired) electrons. The van der Waals surface area contributed by atoms with Crippen LogP contribution < -0.4 is 5.32 Å². The van der Waals surface area contributed by atoms with E-state index in [4.69, 9.17) is 5.26 Å². The first-order valence-corrected chi connectivity index (χ1v) is 7.59. The minimum absolute atomic E-state index is 0.0468. The molecule has 116 valence electrons. The third-order valence-corrected chi connectivity index (χ3v) is 4.06. The first-order chi connectivity index (χ1) is 10.6. The van der Waals surface area contributed by atoms with Gasteiger partial charge < -0.3 is 10.2 Å². The second-order valence-electron chi connectivity index (χ2n) is 5.74. The summed E-state index contributed by atoms with van der Waals surface area (Å²) in [4.78, 5) is 25.4. The number of hydrogen-bond acceptors (Lipinski definition) is 3. The van der Waals surface area contributed by atoms with E-state index in [1.807, 2.05) is 37.3 Å². The maximum Gasteiger partial charge on any atom is 0.251 e. The lowest BCUT2D eigenvalue weighted by Gasteiger charge is -2.31. The number of carbonyl (C=O) groups is 2. The van der Waals surface area contributed by atoms with Crippen LogP contribution in [0.4, 0.5) is 0 Å². The van der Waals surface area contributed by atoms with Crippen molar-refractivity contribution in [3.8, 4) is 6.07 Å². The topological polar surface area (TPSA) is 73.2 Å². The summed E-state index contributed by atoms with van der Waals surface area (Å²) in [5.74, 6) is 0.244. The number of likely N-dealkylation sites (tertiary alicyclic amines) is 1. The fourth-order valence-electron chi connectivity index (χ4n) is 2.61. The molecule has 0 atom stereocenters. The van der Waals surface area contributed by atoms with E-state index < -0.39 is 0 Å². The number of aryl methyl sites for hydroxylation is 1. The SMILES string of the molecule is Cc1ccc(C(=O)NCC2CCN(C(=O)CC#N)CC2)cc1. The molecular formula is C17H21N3O2. The van der Waals surface area contributed by atoms with Crippen LogP contribution in [0, 0.1) is 24.2 Å². The standard InChI is InChI=1S/C17H21N3O2/c1-13-2-4-15(5-3-13)17(22)19-12-14-7-10-20(11-8-14)16(21)6-9-18/h2-5,14H,6-8,10-12H2,1H3,(H,19,22). The van der Waals surface area contributed by atoms with Crippen LogP contribution in [-0.2, 0) is 4.79 Å². The quantitative estimate of drug-likeness (QED) is 0.922. The summed E-state index contributed by atoms with van der Waals surface area (Å²) in [7, 11) is 0. The molecule has 1 aromatic carbocycles. The van der Waals surface area contributed by atoms with Gasteiger partial charge in [0.05, 0.1) is 6.07 Å². The van der Waals surface area contributed by atoms with Gasteiger partial charge in [0, 0.05) is 25.2 Å². The van der Waals surface area contributed by atoms with Crippen molar-refractivity contribution in [3.63, 3.8) is 0 Å². The lowest BCUT2D eigenvalue weighted by atomic mass is 9.96. The van der Waals surface area contributed by atoms with E-state index in [-0.39, 0.29) is 18.2 Å². The molecule has 22 heavy (non-hydrogen) atoms. The summed E-state index contributed by atoms with van der Waals surface area (Å²) in [5.41, 5.74) is 1.80. The number of nitrogens with one attached hydrogen (secondary N) is 1. The Bertz CT molecular complexity index is 567. The van der Waals surface area contributed by atoms with Gasteiger partial charge in [-0.1, -0.05) is 17.7 Å². The third-order valence-electron chi connectivity index (χ3n) is 4.06. The van der Waals surface area contributed by atoms with Gasteiger partial charge in [-0.2, -0.15) is 5.26 Å². The highest BCUT2D eigenvalue weighted by molar-refractivity contribution is 5.94. The zero-order valence-electron chi connectivity index (χ0n) is 12.8. The van der Waals surface area contributed by atoms with E-state index >= 15 is 0 Å². The van der Waals surface area contributed by atoms with Gasteiger partial charge in [0.2, 0.25) is 5.91 Å². The van der Waals surface area contributed by atoms with Gasteiger partial charge in [-0.05, 0) is 37.8 Å². The van der Waals surface area contributed by atoms with Crippen molar-refractivity contribution in [2.24, 2.45) is 5.92 Å². The molecule has 0 aromatic heterocycles. The summed E-state index contributed by atoms with van der Waals surface area (Å²) in [6.07, 6.45) is 1.69. The van der Waals surface area contributed by atoms with Crippen LogP contribution in [0.1, 0.15) is 35.2 Å². The molecule has 0 aliphatic carbocycles. The minimum Gasteiger partial charge on any atom is -0.352 e. The molecule has 1 aromatic rings. The summed E-state index contributed by atoms with van der Waals surface area (Å²) >= 11 is 0. The van der Waals surface area contributed by atoms with Crippen molar-refractivity contribution in [1.82, 2.24) is 10.2 Å². The third kappa shape index (κ3) is 4.32. The minimum atomic E-state index is -0.0929. The Hall–Kier alpha value is -2.35. The number of rotatable bonds is 4. The van der Waals surface area contributed by atoms with E-state index in [2.05, 4.69) is 5.32 Å². The lowest BCUT2D eigenvalue weighted by molar-refractivity contribution is -0.131. The Morgan fingerprint density at radius 1 is 1.27 bits per heavy atom. The van der Waals surface area contributed by atoms with E-state index in [0.29, 0.717) is 31.1 Å². The first kappa shape index (κ1) is 16.0. The molecule has 1 aliphatic heterocycles. The van der Waals surface area contributed by atoms with Crippen LogP contribution in [0.3, 0.4) is 0 Å². The largest absolute Gasteiger partial charge is 0.352 e. The first-order valence-electron chi connectivity index (χ1n) is 7.59. The fraction of sp³-hybridized carbons (Fsp3) is 0.471. The number of nitriles is 1. The van der Waals surface area contributed by atoms with Crippen molar-refractivity contribution < 1.29 is 9.59 Å². The molecule has 0 bridgehead atoms. The second kappa shape index (κ2) is 7.60. The second-order valence-corrected chi connectivity index (χ2v) is 5.74. The van der Waals surface area contributed by atoms with E-state index in [1.54, 1.807) is 4.90 Å². The number of piperidine rings is 1. The zero-order chi connectivity index (χ0) is 15.9. The molecule has 0 saturated carbocycles. The van der Waals surface area contributed by atoms with Gasteiger partial charge in [0.25, 0.3) is 5.91 Å². The predicted octanol–water partition coefficient (Wildman–Crippen LogP) is 1.88. The molecule has 2 rings (SSSR count). The van der Waals surface area contributed by atoms with Gasteiger partial charge >= 0.3 is 0 Å². The van der Waals surface area contributed by atoms with E-state index in [0.717, 1.165) is 18.4 Å². The molecule has 1 N–H and O–H groups in total. The lowest BCUT2D eigenvalue weighted by Crippen LogP contribution is -2.41. The van der Waals surface area contributed by atoms with Crippen LogP contribution in [-0.4, -0.2) is 36.3 Å². The Morgan fingerprint density at radius 3 is 2.50 bits per heavy atom. The summed E-state index contributed by atoms with van der Waals surface area (Å²) in [5, 5.41) is 11.5. The van der Waals surface area contributed by atoms with E-state index in [1.165, 1.54) is 0 Å². The molecule has 1 fully saturated rings. The Kier molecular flexibility index (Phi) is 5.54. The van der Waals surface area contributed by atoms with Crippen molar-refractivity contribution in [3.05, 3.63) is 35.4 Å². The summed E-state index contributed by atoms with van der Waals surface area (Å²) < 4.78 is 0. The number of benzene rings is 1. The number of carbonyl (C=O) groups excluding carboxylic acids is 2. The molecule has 0 spiro atoms. The van der Waals surface area contributed by atoms with Crippen LogP contribution in [0.25, 0.3) is 0 Å². The normalized spacial score (nSPS) is 15.2. The van der Waals surface area contributed by atoms with Gasteiger partial charge in [0.15, 0.2) is 0 Å². The molecule has 5 nitrogen and oxygen atoms in total. The summed E-state index contributed by atoms with van der Waals surface area (Å²) in [6, 6.07) is 9.39. The maximum atomic E-state index is 12.0. The highest BCUT2D eigenvalue weighted by atomic mass is 16.2. The Morgan fingerprint density at radius 2 is 1.91 bits per heavy atom. The molecule has 1 saturated heterocycles. The van der Waals surface area contributed by atoms with Crippen molar-refractivity contribution in [2.45, 2.75) is 26.2 Å². The van der Waals surface area contributed by atoms with Crippen LogP contribution in [0.15, 0.2) is 24.3 Å². The molecule has 5 heteroatoms. The monoisotopic (exact) mass is 299 g/mol. The van der Waals surface area contributed by atoms with Crippen molar-refractivity contribution in [2.75, 3.05) is 19.6 Å². The molecule has 0 unspecified atom stereocenters. The average molecular weight is 299 g/mol. The molecule has 2 amide bonds.